The molecule has 1 N–H and O–H groups in total. The number of nitrogens with one attached hydrogen (secondary N) is 1. The van der Waals surface area contributed by atoms with Gasteiger partial charge < -0.3 is 9.47 Å². The van der Waals surface area contributed by atoms with Crippen LogP contribution >= 0.6 is 19.4 Å². The van der Waals surface area contributed by atoms with Crippen molar-refractivity contribution in [1.29, 1.82) is 0 Å². The van der Waals surface area contributed by atoms with Gasteiger partial charge in [-0.1, -0.05) is 0 Å². The van der Waals surface area contributed by atoms with Gasteiger partial charge in [0.15, 0.2) is 6.23 Å². The number of esters is 1. The molecular formula is C17H24ClN2O9P. The molecule has 0 radical (unpaired) electrons. The first-order valence-corrected chi connectivity index (χ1v) is 11.2. The van der Waals surface area contributed by atoms with Crippen molar-refractivity contribution in [2.45, 2.75) is 57.1 Å². The molecule has 0 aromatic carbocycles. The number of fused-ring (bicyclic) bond motifs is 1. The number of phosphoric ester groups is 1. The smallest absolute Gasteiger partial charge is 0.463 e. The Labute approximate surface area is 177 Å². The molecule has 168 valence electrons. The highest BCUT2D eigenvalue weighted by Gasteiger charge is 2.60. The molecule has 1 aromatic heterocycles. The van der Waals surface area contributed by atoms with Gasteiger partial charge in [-0.15, -0.1) is 11.6 Å². The first kappa shape index (κ1) is 23.2. The molecule has 0 spiro atoms. The third-order valence-corrected chi connectivity index (χ3v) is 6.48. The fourth-order valence-electron chi connectivity index (χ4n) is 3.14. The third kappa shape index (κ3) is 4.71. The number of aromatic amines is 1. The van der Waals surface area contributed by atoms with Crippen molar-refractivity contribution >= 4 is 25.4 Å². The van der Waals surface area contributed by atoms with Crippen molar-refractivity contribution in [2.24, 2.45) is 5.92 Å². The van der Waals surface area contributed by atoms with Gasteiger partial charge in [-0.25, -0.2) is 9.36 Å². The minimum atomic E-state index is -4.05. The van der Waals surface area contributed by atoms with E-state index in [1.807, 2.05) is 0 Å². The number of H-pyrrole nitrogens is 1. The van der Waals surface area contributed by atoms with Crippen LogP contribution in [0.25, 0.3) is 0 Å². The summed E-state index contributed by atoms with van der Waals surface area (Å²) in [6.45, 7) is 6.14. The second kappa shape index (κ2) is 8.57. The lowest BCUT2D eigenvalue weighted by atomic mass is 10.0. The zero-order valence-corrected chi connectivity index (χ0v) is 18.6. The molecule has 13 heteroatoms. The quantitative estimate of drug-likeness (QED) is 0.376. The molecular weight excluding hydrogens is 443 g/mol. The number of ether oxygens (including phenoxy) is 2. The van der Waals surface area contributed by atoms with Crippen LogP contribution < -0.4 is 11.2 Å². The molecule has 0 aliphatic carbocycles. The zero-order chi connectivity index (χ0) is 22.3. The maximum atomic E-state index is 12.9. The Hall–Kier alpha value is -1.49. The van der Waals surface area contributed by atoms with Gasteiger partial charge in [0.25, 0.3) is 5.56 Å². The molecule has 3 rings (SSSR count). The molecule has 11 nitrogen and oxygen atoms in total. The minimum Gasteiger partial charge on any atom is -0.463 e. The standard InChI is InChI=1S/C17H24ClN2O9P/c1-9(2)27-14(22)10(3)7-25-30(24)26-8-11-13(29-30)17(4,18)15(28-11)20-6-5-12(21)19-16(20)23/h5-6,9-11,13,15H,7-8H2,1-4H3,(H,19,21,23)/t10-,11+,13+,15+,17+,30?/m0/s1. The van der Waals surface area contributed by atoms with Crippen molar-refractivity contribution < 1.29 is 32.4 Å². The summed E-state index contributed by atoms with van der Waals surface area (Å²) >= 11 is 6.64. The number of aromatic nitrogens is 2. The number of hydrogen-bond donors (Lipinski definition) is 1. The largest absolute Gasteiger partial charge is 0.475 e. The second-order valence-corrected chi connectivity index (χ2v) is 10.1. The predicted octanol–water partition coefficient (Wildman–Crippen LogP) is 1.56. The molecule has 1 aromatic rings. The number of hydrogen-bond acceptors (Lipinski definition) is 9. The fourth-order valence-corrected chi connectivity index (χ4v) is 5.11. The average molecular weight is 467 g/mol. The summed E-state index contributed by atoms with van der Waals surface area (Å²) in [5, 5.41) is 0. The van der Waals surface area contributed by atoms with Crippen LogP contribution in [0.1, 0.15) is 33.9 Å². The molecule has 2 aliphatic rings. The van der Waals surface area contributed by atoms with Gasteiger partial charge in [-0.05, 0) is 27.7 Å². The number of nitrogens with zero attached hydrogens (tertiary/aromatic N) is 1. The highest BCUT2D eigenvalue weighted by molar-refractivity contribution is 7.48. The van der Waals surface area contributed by atoms with E-state index < -0.39 is 54.3 Å². The van der Waals surface area contributed by atoms with Crippen molar-refractivity contribution in [2.75, 3.05) is 13.2 Å². The third-order valence-electron chi connectivity index (χ3n) is 4.66. The van der Waals surface area contributed by atoms with Crippen LogP contribution in [0.2, 0.25) is 0 Å². The van der Waals surface area contributed by atoms with Crippen LogP contribution in [0.15, 0.2) is 21.9 Å². The van der Waals surface area contributed by atoms with E-state index in [4.69, 9.17) is 34.6 Å². The van der Waals surface area contributed by atoms with E-state index in [1.54, 1.807) is 27.7 Å². The van der Waals surface area contributed by atoms with Crippen LogP contribution in [-0.4, -0.2) is 51.9 Å². The van der Waals surface area contributed by atoms with Crippen LogP contribution in [0.4, 0.5) is 0 Å². The maximum Gasteiger partial charge on any atom is 0.475 e. The first-order valence-electron chi connectivity index (χ1n) is 9.37. The number of alkyl halides is 1. The second-order valence-electron chi connectivity index (χ2n) is 7.65. The van der Waals surface area contributed by atoms with Gasteiger partial charge in [0.2, 0.25) is 0 Å². The van der Waals surface area contributed by atoms with Crippen LogP contribution in [0.5, 0.6) is 0 Å². The number of phosphoric acid groups is 1. The SMILES string of the molecule is CC(C)OC(=O)[C@@H](C)COP1(=O)OC[C@H]2O[C@@H](n3ccc(=O)[nH]c3=O)[C@](C)(Cl)[C@@H]2O1. The molecule has 2 fully saturated rings. The Kier molecular flexibility index (Phi) is 6.62. The fraction of sp³-hybridized carbons (Fsp3) is 0.706. The molecule has 2 saturated heterocycles. The summed E-state index contributed by atoms with van der Waals surface area (Å²) in [5.41, 5.74) is -1.28. The van der Waals surface area contributed by atoms with E-state index in [2.05, 4.69) is 4.98 Å². The van der Waals surface area contributed by atoms with E-state index in [-0.39, 0.29) is 19.3 Å². The zero-order valence-electron chi connectivity index (χ0n) is 16.9. The summed E-state index contributed by atoms with van der Waals surface area (Å²) in [6, 6.07) is 1.16. The lowest BCUT2D eigenvalue weighted by molar-refractivity contribution is -0.153. The van der Waals surface area contributed by atoms with Gasteiger partial charge in [-0.2, -0.15) is 0 Å². The van der Waals surface area contributed by atoms with E-state index in [9.17, 15) is 18.9 Å². The normalized spacial score (nSPS) is 34.5. The Morgan fingerprint density at radius 1 is 1.43 bits per heavy atom. The molecule has 1 unspecified atom stereocenters. The van der Waals surface area contributed by atoms with E-state index in [0.717, 1.165) is 10.6 Å². The topological polar surface area (TPSA) is 135 Å². The average Bonchev–Trinajstić information content (AvgIpc) is 2.90. The number of carbonyl (C=O) groups is 1. The summed E-state index contributed by atoms with van der Waals surface area (Å²) in [7, 11) is -4.05. The van der Waals surface area contributed by atoms with Gasteiger partial charge in [0.1, 0.15) is 17.1 Å². The lowest BCUT2D eigenvalue weighted by Crippen LogP contribution is -2.45. The molecule has 6 atom stereocenters. The van der Waals surface area contributed by atoms with Crippen LogP contribution in [0.3, 0.4) is 0 Å². The Bertz CT molecular complexity index is 959. The number of halogens is 1. The van der Waals surface area contributed by atoms with Gasteiger partial charge in [-0.3, -0.25) is 32.7 Å². The predicted molar refractivity (Wildman–Crippen MR) is 104 cm³/mol. The molecule has 3 heterocycles. The number of rotatable bonds is 6. The summed E-state index contributed by atoms with van der Waals surface area (Å²) in [6.07, 6.45) is -1.73. The molecule has 2 aliphatic heterocycles. The minimum absolute atomic E-state index is 0.163. The monoisotopic (exact) mass is 466 g/mol. The Morgan fingerprint density at radius 3 is 2.77 bits per heavy atom. The summed E-state index contributed by atoms with van der Waals surface area (Å²) < 4.78 is 41.0. The number of carbonyl (C=O) groups excluding carboxylic acids is 1. The molecule has 0 saturated carbocycles. The van der Waals surface area contributed by atoms with Crippen molar-refractivity contribution in [3.8, 4) is 0 Å². The van der Waals surface area contributed by atoms with Crippen molar-refractivity contribution in [1.82, 2.24) is 9.55 Å². The van der Waals surface area contributed by atoms with Crippen molar-refractivity contribution in [3.63, 3.8) is 0 Å². The molecule has 0 amide bonds. The summed E-state index contributed by atoms with van der Waals surface area (Å²) in [5.74, 6) is -1.20. The molecule has 30 heavy (non-hydrogen) atoms. The first-order chi connectivity index (χ1) is 13.9. The highest BCUT2D eigenvalue weighted by Crippen LogP contribution is 2.60. The maximum absolute atomic E-state index is 12.9. The Balaban J connectivity index is 1.71. The van der Waals surface area contributed by atoms with E-state index in [1.165, 1.54) is 6.20 Å². The highest BCUT2D eigenvalue weighted by atomic mass is 35.5. The van der Waals surface area contributed by atoms with Gasteiger partial charge in [0.05, 0.1) is 25.2 Å². The molecule has 0 bridgehead atoms. The Morgan fingerprint density at radius 2 is 2.13 bits per heavy atom. The van der Waals surface area contributed by atoms with E-state index in [0.29, 0.717) is 0 Å². The van der Waals surface area contributed by atoms with Crippen LogP contribution in [-0.2, 0) is 32.4 Å². The van der Waals surface area contributed by atoms with Crippen molar-refractivity contribution in [3.05, 3.63) is 33.1 Å². The van der Waals surface area contributed by atoms with E-state index >= 15 is 0 Å². The van der Waals surface area contributed by atoms with Gasteiger partial charge in [0, 0.05) is 12.3 Å². The lowest BCUT2D eigenvalue weighted by Gasteiger charge is -2.34. The van der Waals surface area contributed by atoms with Gasteiger partial charge >= 0.3 is 19.5 Å². The van der Waals surface area contributed by atoms with Crippen LogP contribution in [0, 0.1) is 5.92 Å². The summed E-state index contributed by atoms with van der Waals surface area (Å²) in [4.78, 5) is 36.1.